The monoisotopic (exact) mass is 358 g/mol. The fourth-order valence-electron chi connectivity index (χ4n) is 2.50. The summed E-state index contributed by atoms with van der Waals surface area (Å²) in [5, 5.41) is 2.76. The van der Waals surface area contributed by atoms with Crippen LogP contribution in [0.25, 0.3) is 0 Å². The van der Waals surface area contributed by atoms with Crippen LogP contribution in [0.1, 0.15) is 6.42 Å². The van der Waals surface area contributed by atoms with Gasteiger partial charge in [0.1, 0.15) is 0 Å². The third kappa shape index (κ3) is 4.54. The van der Waals surface area contributed by atoms with Crippen LogP contribution < -0.4 is 5.32 Å². The van der Waals surface area contributed by atoms with E-state index in [1.54, 1.807) is 0 Å². The quantitative estimate of drug-likeness (QED) is 0.823. The molecule has 1 unspecified atom stereocenters. The second-order valence-electron chi connectivity index (χ2n) is 5.28. The van der Waals surface area contributed by atoms with E-state index < -0.39 is 39.3 Å². The summed E-state index contributed by atoms with van der Waals surface area (Å²) in [5.41, 5.74) is -0.0216. The molecule has 1 fully saturated rings. The van der Waals surface area contributed by atoms with Crippen molar-refractivity contribution in [3.05, 3.63) is 24.3 Å². The number of sulfone groups is 1. The number of likely N-dealkylation sites (tertiary alicyclic amines) is 1. The maximum atomic E-state index is 12.7. The molecule has 23 heavy (non-hydrogen) atoms. The fraction of sp³-hybridized carbons (Fsp3) is 0.538. The third-order valence-corrected chi connectivity index (χ3v) is 4.90. The van der Waals surface area contributed by atoms with Crippen molar-refractivity contribution in [2.45, 2.75) is 29.3 Å². The van der Waals surface area contributed by atoms with Crippen molar-refractivity contribution >= 4 is 15.5 Å². The average Bonchev–Trinajstić information content (AvgIpc) is 2.84. The summed E-state index contributed by atoms with van der Waals surface area (Å²) in [6.07, 6.45) is -3.95. The van der Waals surface area contributed by atoms with Gasteiger partial charge in [0.2, 0.25) is 9.84 Å². The lowest BCUT2D eigenvalue weighted by Gasteiger charge is -2.19. The average molecular weight is 358 g/mol. The Bertz CT molecular complexity index is 648. The van der Waals surface area contributed by atoms with Gasteiger partial charge >= 0.3 is 11.9 Å². The molecule has 0 radical (unpaired) electrons. The van der Waals surface area contributed by atoms with Crippen molar-refractivity contribution in [1.29, 1.82) is 0 Å². The minimum absolute atomic E-state index is 0.0216. The number of para-hydroxylation sites is 1. The normalized spacial score (nSPS) is 20.2. The predicted octanol–water partition coefficient (Wildman–Crippen LogP) is 2.73. The lowest BCUT2D eigenvalue weighted by atomic mass is 10.2. The molecule has 130 valence electrons. The number of nitrogens with one attached hydrogen (secondary N) is 1. The van der Waals surface area contributed by atoms with Gasteiger partial charge in [-0.3, -0.25) is 4.90 Å². The second kappa shape index (κ2) is 6.60. The zero-order valence-electron chi connectivity index (χ0n) is 11.9. The van der Waals surface area contributed by atoms with Crippen LogP contribution in [0, 0.1) is 0 Å². The van der Waals surface area contributed by atoms with Gasteiger partial charge in [0.15, 0.2) is 0 Å². The number of hydrogen-bond donors (Lipinski definition) is 1. The first-order valence-corrected chi connectivity index (χ1v) is 8.31. The predicted molar refractivity (Wildman–Crippen MR) is 74.2 cm³/mol. The maximum absolute atomic E-state index is 12.7. The summed E-state index contributed by atoms with van der Waals surface area (Å²) in [6, 6.07) is 4.71. The van der Waals surface area contributed by atoms with Gasteiger partial charge in [-0.15, -0.1) is 0 Å². The zero-order chi connectivity index (χ0) is 17.3. The maximum Gasteiger partial charge on any atom is 0.401 e. The molecular weight excluding hydrogens is 343 g/mol. The van der Waals surface area contributed by atoms with E-state index in [4.69, 9.17) is 0 Å². The molecule has 1 aliphatic rings. The smallest absolute Gasteiger partial charge is 0.380 e. The largest absolute Gasteiger partial charge is 0.401 e. The molecule has 1 aromatic rings. The molecule has 0 aliphatic carbocycles. The van der Waals surface area contributed by atoms with Crippen LogP contribution in [-0.2, 0) is 9.84 Å². The Kier molecular flexibility index (Phi) is 5.14. The number of benzene rings is 1. The minimum Gasteiger partial charge on any atom is -0.380 e. The van der Waals surface area contributed by atoms with E-state index in [0.29, 0.717) is 6.42 Å². The van der Waals surface area contributed by atoms with E-state index in [0.717, 1.165) is 6.07 Å². The zero-order valence-corrected chi connectivity index (χ0v) is 12.7. The Balaban J connectivity index is 2.11. The van der Waals surface area contributed by atoms with Crippen LogP contribution in [0.5, 0.6) is 0 Å². The Labute approximate surface area is 130 Å². The van der Waals surface area contributed by atoms with Crippen molar-refractivity contribution in [2.24, 2.45) is 0 Å². The molecule has 1 heterocycles. The molecule has 0 amide bonds. The molecule has 0 spiro atoms. The molecule has 4 nitrogen and oxygen atoms in total. The van der Waals surface area contributed by atoms with Crippen LogP contribution in [0.2, 0.25) is 0 Å². The highest BCUT2D eigenvalue weighted by Gasteiger charge is 2.35. The van der Waals surface area contributed by atoms with Crippen molar-refractivity contribution in [2.75, 3.05) is 25.0 Å². The summed E-state index contributed by atoms with van der Waals surface area (Å²) in [4.78, 5) is 0.631. The number of rotatable bonds is 5. The number of anilines is 1. The third-order valence-electron chi connectivity index (χ3n) is 3.46. The van der Waals surface area contributed by atoms with Crippen molar-refractivity contribution in [3.8, 4) is 0 Å². The topological polar surface area (TPSA) is 49.4 Å². The van der Waals surface area contributed by atoms with Crippen molar-refractivity contribution in [3.63, 3.8) is 0 Å². The van der Waals surface area contributed by atoms with E-state index in [1.165, 1.54) is 23.1 Å². The Morgan fingerprint density at radius 2 is 1.91 bits per heavy atom. The van der Waals surface area contributed by atoms with Crippen LogP contribution >= 0.6 is 0 Å². The molecule has 0 saturated carbocycles. The summed E-state index contributed by atoms with van der Waals surface area (Å²) < 4.78 is 85.7. The van der Waals surface area contributed by atoms with Crippen molar-refractivity contribution in [1.82, 2.24) is 4.90 Å². The van der Waals surface area contributed by atoms with Crippen LogP contribution in [0.15, 0.2) is 29.2 Å². The van der Waals surface area contributed by atoms with Crippen LogP contribution in [0.3, 0.4) is 0 Å². The highest BCUT2D eigenvalue weighted by Crippen LogP contribution is 2.28. The van der Waals surface area contributed by atoms with Gasteiger partial charge in [-0.25, -0.2) is 8.42 Å². The van der Waals surface area contributed by atoms with Gasteiger partial charge < -0.3 is 5.32 Å². The number of alkyl halides is 5. The standard InChI is InChI=1S/C13H15F5N2O2S/c14-12(15)23(21,22)11-4-2-1-3-10(11)19-9-5-6-20(7-9)8-13(16,17)18/h1-4,9,12,19H,5-8H2. The number of nitrogens with zero attached hydrogens (tertiary/aromatic N) is 1. The molecule has 0 aromatic heterocycles. The Morgan fingerprint density at radius 3 is 2.52 bits per heavy atom. The van der Waals surface area contributed by atoms with Gasteiger partial charge in [0.05, 0.1) is 17.1 Å². The van der Waals surface area contributed by atoms with E-state index in [-0.39, 0.29) is 18.8 Å². The first-order valence-electron chi connectivity index (χ1n) is 6.76. The number of halogens is 5. The Morgan fingerprint density at radius 1 is 1.26 bits per heavy atom. The second-order valence-corrected chi connectivity index (χ2v) is 7.17. The molecule has 1 atom stereocenters. The summed E-state index contributed by atoms with van der Waals surface area (Å²) in [6.45, 7) is -0.800. The summed E-state index contributed by atoms with van der Waals surface area (Å²) in [7, 11) is -4.78. The molecule has 1 saturated heterocycles. The van der Waals surface area contributed by atoms with Gasteiger partial charge in [-0.05, 0) is 18.6 Å². The lowest BCUT2D eigenvalue weighted by molar-refractivity contribution is -0.143. The summed E-state index contributed by atoms with van der Waals surface area (Å²) >= 11 is 0. The van der Waals surface area contributed by atoms with Gasteiger partial charge in [0.25, 0.3) is 0 Å². The molecule has 1 aliphatic heterocycles. The van der Waals surface area contributed by atoms with Crippen LogP contribution in [-0.4, -0.2) is 50.9 Å². The molecule has 1 N–H and O–H groups in total. The van der Waals surface area contributed by atoms with Gasteiger partial charge in [-0.2, -0.15) is 22.0 Å². The highest BCUT2D eigenvalue weighted by molar-refractivity contribution is 7.91. The lowest BCUT2D eigenvalue weighted by Crippen LogP contribution is -2.34. The molecule has 0 bridgehead atoms. The number of hydrogen-bond acceptors (Lipinski definition) is 4. The molecular formula is C13H15F5N2O2S. The highest BCUT2D eigenvalue weighted by atomic mass is 32.2. The SMILES string of the molecule is O=S(=O)(c1ccccc1NC1CCN(CC(F)(F)F)C1)C(F)F. The van der Waals surface area contributed by atoms with Crippen molar-refractivity contribution < 1.29 is 30.4 Å². The molecule has 2 rings (SSSR count). The Hall–Kier alpha value is -1.42. The first kappa shape index (κ1) is 17.9. The molecule has 10 heteroatoms. The van der Waals surface area contributed by atoms with E-state index in [2.05, 4.69) is 5.32 Å². The van der Waals surface area contributed by atoms with E-state index in [1.807, 2.05) is 0 Å². The van der Waals surface area contributed by atoms with Crippen LogP contribution in [0.4, 0.5) is 27.6 Å². The van der Waals surface area contributed by atoms with E-state index in [9.17, 15) is 30.4 Å². The first-order chi connectivity index (χ1) is 10.6. The van der Waals surface area contributed by atoms with Gasteiger partial charge in [-0.1, -0.05) is 12.1 Å². The van der Waals surface area contributed by atoms with Gasteiger partial charge in [0, 0.05) is 19.1 Å². The molecule has 1 aromatic carbocycles. The minimum atomic E-state index is -4.78. The van der Waals surface area contributed by atoms with E-state index >= 15 is 0 Å². The summed E-state index contributed by atoms with van der Waals surface area (Å²) in [5.74, 6) is -3.56. The fourth-order valence-corrected chi connectivity index (χ4v) is 3.39.